The van der Waals surface area contributed by atoms with Gasteiger partial charge in [0.1, 0.15) is 6.54 Å². The maximum Gasteiger partial charge on any atom is 0.323 e. The fourth-order valence-corrected chi connectivity index (χ4v) is 2.25. The number of aromatic amines is 1. The van der Waals surface area contributed by atoms with E-state index in [0.29, 0.717) is 23.5 Å². The minimum absolute atomic E-state index is 0.220. The molecule has 2 rings (SSSR count). The summed E-state index contributed by atoms with van der Waals surface area (Å²) in [6.07, 6.45) is 2.01. The molecular formula is C15H19N5O4. The Bertz CT molecular complexity index is 790. The lowest BCUT2D eigenvalue weighted by molar-refractivity contribution is -0.138. The third-order valence-electron chi connectivity index (χ3n) is 3.81. The first-order valence-corrected chi connectivity index (χ1v) is 7.48. The van der Waals surface area contributed by atoms with Crippen molar-refractivity contribution < 1.29 is 14.7 Å². The molecule has 9 heteroatoms. The average molecular weight is 333 g/mol. The Labute approximate surface area is 137 Å². The highest BCUT2D eigenvalue weighted by molar-refractivity contribution is 5.97. The summed E-state index contributed by atoms with van der Waals surface area (Å²) in [7, 11) is 0. The van der Waals surface area contributed by atoms with Crippen LogP contribution in [0.25, 0.3) is 5.82 Å². The van der Waals surface area contributed by atoms with Crippen LogP contribution in [0.3, 0.4) is 0 Å². The number of carboxylic acid groups (broad SMARTS) is 1. The van der Waals surface area contributed by atoms with Crippen LogP contribution in [0.4, 0.5) is 0 Å². The normalized spacial score (nSPS) is 12.0. The van der Waals surface area contributed by atoms with Gasteiger partial charge in [-0.05, 0) is 26.3 Å². The van der Waals surface area contributed by atoms with Crippen molar-refractivity contribution in [1.82, 2.24) is 24.9 Å². The summed E-state index contributed by atoms with van der Waals surface area (Å²) >= 11 is 0. The maximum absolute atomic E-state index is 12.7. The smallest absolute Gasteiger partial charge is 0.323 e. The molecule has 2 N–H and O–H groups in total. The molecule has 0 radical (unpaired) electrons. The van der Waals surface area contributed by atoms with Crippen molar-refractivity contribution in [2.45, 2.75) is 33.2 Å². The fraction of sp³-hybridized carbons (Fsp3) is 0.400. The lowest BCUT2D eigenvalue weighted by Gasteiger charge is -2.26. The topological polar surface area (TPSA) is 121 Å². The number of carbonyl (C=O) groups excluding carboxylic acids is 1. The van der Waals surface area contributed by atoms with E-state index in [0.717, 1.165) is 0 Å². The summed E-state index contributed by atoms with van der Waals surface area (Å²) in [5.74, 6) is -1.12. The largest absolute Gasteiger partial charge is 0.480 e. The molecule has 0 aliphatic heterocycles. The number of carboxylic acids is 1. The number of nitrogens with zero attached hydrogens (tertiary/aromatic N) is 4. The second-order valence-electron chi connectivity index (χ2n) is 5.42. The Morgan fingerprint density at radius 1 is 1.42 bits per heavy atom. The van der Waals surface area contributed by atoms with Crippen LogP contribution in [0.1, 0.15) is 36.3 Å². The third kappa shape index (κ3) is 3.50. The van der Waals surface area contributed by atoms with Gasteiger partial charge in [0.05, 0.1) is 17.5 Å². The molecule has 2 aromatic rings. The average Bonchev–Trinajstić information content (AvgIpc) is 2.93. The molecule has 0 fully saturated rings. The van der Waals surface area contributed by atoms with Gasteiger partial charge < -0.3 is 10.0 Å². The van der Waals surface area contributed by atoms with Crippen LogP contribution in [-0.4, -0.2) is 54.4 Å². The Balaban J connectivity index is 2.37. The summed E-state index contributed by atoms with van der Waals surface area (Å²) in [4.78, 5) is 36.2. The van der Waals surface area contributed by atoms with E-state index in [-0.39, 0.29) is 18.1 Å². The van der Waals surface area contributed by atoms with E-state index in [2.05, 4.69) is 15.3 Å². The van der Waals surface area contributed by atoms with Crippen molar-refractivity contribution in [3.8, 4) is 5.82 Å². The van der Waals surface area contributed by atoms with Crippen molar-refractivity contribution in [3.63, 3.8) is 0 Å². The summed E-state index contributed by atoms with van der Waals surface area (Å²) in [5.41, 5.74) is 0.465. The highest BCUT2D eigenvalue weighted by Gasteiger charge is 2.26. The molecule has 0 aliphatic carbocycles. The van der Waals surface area contributed by atoms with E-state index in [1.165, 1.54) is 27.9 Å². The molecule has 0 saturated heterocycles. The predicted molar refractivity (Wildman–Crippen MR) is 85.1 cm³/mol. The van der Waals surface area contributed by atoms with Gasteiger partial charge in [-0.3, -0.25) is 14.4 Å². The second kappa shape index (κ2) is 7.07. The lowest BCUT2D eigenvalue weighted by atomic mass is 10.1. The van der Waals surface area contributed by atoms with E-state index < -0.39 is 11.9 Å². The molecule has 24 heavy (non-hydrogen) atoms. The molecule has 1 atom stereocenters. The fourth-order valence-electron chi connectivity index (χ4n) is 2.25. The van der Waals surface area contributed by atoms with Gasteiger partial charge in [0.2, 0.25) is 0 Å². The molecule has 0 bridgehead atoms. The molecule has 0 saturated carbocycles. The minimum atomic E-state index is -1.07. The van der Waals surface area contributed by atoms with Crippen molar-refractivity contribution >= 4 is 11.9 Å². The molecule has 1 amide bonds. The standard InChI is InChI=1S/C15H19N5O4/c1-4-9(2)19(8-14(22)23)15(24)11-7-16-20(10(11)3)12-5-6-13(21)18-17-12/h5-7,9H,4,8H2,1-3H3,(H,18,21)(H,22,23). The van der Waals surface area contributed by atoms with Gasteiger partial charge in [-0.1, -0.05) is 6.92 Å². The van der Waals surface area contributed by atoms with E-state index in [9.17, 15) is 14.4 Å². The number of H-pyrrole nitrogens is 1. The number of hydrogen-bond donors (Lipinski definition) is 2. The first-order chi connectivity index (χ1) is 11.3. The van der Waals surface area contributed by atoms with Gasteiger partial charge in [-0.2, -0.15) is 10.2 Å². The Kier molecular flexibility index (Phi) is 5.12. The van der Waals surface area contributed by atoms with Gasteiger partial charge in [0.15, 0.2) is 5.82 Å². The second-order valence-corrected chi connectivity index (χ2v) is 5.42. The maximum atomic E-state index is 12.7. The van der Waals surface area contributed by atoms with Gasteiger partial charge in [0, 0.05) is 12.1 Å². The summed E-state index contributed by atoms with van der Waals surface area (Å²) in [5, 5.41) is 19.3. The third-order valence-corrected chi connectivity index (χ3v) is 3.81. The zero-order valence-corrected chi connectivity index (χ0v) is 13.7. The van der Waals surface area contributed by atoms with Crippen LogP contribution < -0.4 is 5.56 Å². The van der Waals surface area contributed by atoms with Gasteiger partial charge in [-0.25, -0.2) is 9.78 Å². The van der Waals surface area contributed by atoms with Crippen molar-refractivity contribution in [2.24, 2.45) is 0 Å². The van der Waals surface area contributed by atoms with Crippen molar-refractivity contribution in [2.75, 3.05) is 6.54 Å². The molecule has 0 aromatic carbocycles. The summed E-state index contributed by atoms with van der Waals surface area (Å²) < 4.78 is 1.42. The number of rotatable bonds is 6. The van der Waals surface area contributed by atoms with Crippen LogP contribution in [0.5, 0.6) is 0 Å². The van der Waals surface area contributed by atoms with Crippen LogP contribution in [0.15, 0.2) is 23.1 Å². The zero-order valence-electron chi connectivity index (χ0n) is 13.7. The van der Waals surface area contributed by atoms with E-state index >= 15 is 0 Å². The van der Waals surface area contributed by atoms with E-state index in [1.807, 2.05) is 6.92 Å². The number of aromatic nitrogens is 4. The molecular weight excluding hydrogens is 314 g/mol. The van der Waals surface area contributed by atoms with Gasteiger partial charge >= 0.3 is 5.97 Å². The Morgan fingerprint density at radius 3 is 2.67 bits per heavy atom. The predicted octanol–water partition coefficient (Wildman–Crippen LogP) is 0.589. The number of hydrogen-bond acceptors (Lipinski definition) is 5. The number of aliphatic carboxylic acids is 1. The molecule has 0 spiro atoms. The highest BCUT2D eigenvalue weighted by atomic mass is 16.4. The zero-order chi connectivity index (χ0) is 17.9. The number of amides is 1. The quantitative estimate of drug-likeness (QED) is 0.798. The first kappa shape index (κ1) is 17.4. The summed E-state index contributed by atoms with van der Waals surface area (Å²) in [6, 6.07) is 2.57. The van der Waals surface area contributed by atoms with Crippen LogP contribution in [0, 0.1) is 6.92 Å². The Hall–Kier alpha value is -2.97. The first-order valence-electron chi connectivity index (χ1n) is 7.48. The highest BCUT2D eigenvalue weighted by Crippen LogP contribution is 2.16. The van der Waals surface area contributed by atoms with Crippen LogP contribution in [-0.2, 0) is 4.79 Å². The monoisotopic (exact) mass is 333 g/mol. The summed E-state index contributed by atoms with van der Waals surface area (Å²) in [6.45, 7) is 4.98. The molecule has 1 unspecified atom stereocenters. The molecule has 9 nitrogen and oxygen atoms in total. The van der Waals surface area contributed by atoms with Crippen molar-refractivity contribution in [3.05, 3.63) is 39.9 Å². The van der Waals surface area contributed by atoms with Crippen LogP contribution >= 0.6 is 0 Å². The van der Waals surface area contributed by atoms with E-state index in [1.54, 1.807) is 13.8 Å². The van der Waals surface area contributed by atoms with Crippen molar-refractivity contribution in [1.29, 1.82) is 0 Å². The molecule has 128 valence electrons. The van der Waals surface area contributed by atoms with Gasteiger partial charge in [0.25, 0.3) is 11.5 Å². The molecule has 2 aromatic heterocycles. The van der Waals surface area contributed by atoms with Crippen LogP contribution in [0.2, 0.25) is 0 Å². The molecule has 2 heterocycles. The Morgan fingerprint density at radius 2 is 2.12 bits per heavy atom. The van der Waals surface area contributed by atoms with E-state index in [4.69, 9.17) is 5.11 Å². The number of carbonyl (C=O) groups is 2. The van der Waals surface area contributed by atoms with Gasteiger partial charge in [-0.15, -0.1) is 0 Å². The number of nitrogens with one attached hydrogen (secondary N) is 1. The minimum Gasteiger partial charge on any atom is -0.480 e. The SMILES string of the molecule is CCC(C)N(CC(=O)O)C(=O)c1cnn(-c2ccc(=O)[nH]n2)c1C. The lowest BCUT2D eigenvalue weighted by Crippen LogP contribution is -2.42. The molecule has 0 aliphatic rings.